The lowest BCUT2D eigenvalue weighted by molar-refractivity contribution is 0.0539. The van der Waals surface area contributed by atoms with E-state index in [2.05, 4.69) is 10.6 Å². The third-order valence-electron chi connectivity index (χ3n) is 7.30. The predicted molar refractivity (Wildman–Crippen MR) is 133 cm³/mol. The van der Waals surface area contributed by atoms with E-state index in [9.17, 15) is 4.79 Å². The van der Waals surface area contributed by atoms with Crippen molar-refractivity contribution in [3.63, 3.8) is 0 Å². The lowest BCUT2D eigenvalue weighted by Gasteiger charge is -2.35. The van der Waals surface area contributed by atoms with Crippen molar-refractivity contribution in [2.45, 2.75) is 30.9 Å². The zero-order valence-corrected chi connectivity index (χ0v) is 20.1. The summed E-state index contributed by atoms with van der Waals surface area (Å²) < 4.78 is 43.4. The van der Waals surface area contributed by atoms with Gasteiger partial charge < -0.3 is 25.8 Å². The molecule has 0 unspecified atom stereocenters. The summed E-state index contributed by atoms with van der Waals surface area (Å²) in [5.41, 5.74) is 6.32. The number of amides is 1. The van der Waals surface area contributed by atoms with Gasteiger partial charge >= 0.3 is 0 Å². The van der Waals surface area contributed by atoms with Crippen LogP contribution < -0.4 is 25.8 Å². The fourth-order valence-electron chi connectivity index (χ4n) is 5.70. The number of nitrogens with two attached hydrogens (primary N) is 1. The second-order valence-corrected chi connectivity index (χ2v) is 9.71. The first-order valence-electron chi connectivity index (χ1n) is 11.9. The summed E-state index contributed by atoms with van der Waals surface area (Å²) in [6.07, 6.45) is 2.12. The van der Waals surface area contributed by atoms with Crippen LogP contribution in [0.2, 0.25) is 5.02 Å². The first-order valence-corrected chi connectivity index (χ1v) is 12.3. The Hall–Kier alpha value is -3.36. The number of rotatable bonds is 4. The van der Waals surface area contributed by atoms with Crippen LogP contribution in [0.15, 0.2) is 42.5 Å². The normalized spacial score (nSPS) is 22.2. The van der Waals surface area contributed by atoms with Crippen LogP contribution in [-0.4, -0.2) is 31.6 Å². The molecule has 0 radical (unpaired) electrons. The lowest BCUT2D eigenvalue weighted by atomic mass is 9.80. The van der Waals surface area contributed by atoms with Crippen LogP contribution >= 0.6 is 11.6 Å². The van der Waals surface area contributed by atoms with Crippen molar-refractivity contribution in [3.05, 3.63) is 75.8 Å². The van der Waals surface area contributed by atoms with Crippen LogP contribution in [0.4, 0.5) is 14.5 Å². The molecule has 0 aliphatic carbocycles. The first-order chi connectivity index (χ1) is 17.4. The maximum Gasteiger partial charge on any atom is 0.249 e. The van der Waals surface area contributed by atoms with Crippen LogP contribution in [0, 0.1) is 11.6 Å². The second-order valence-electron chi connectivity index (χ2n) is 9.34. The molecule has 6 rings (SSSR count). The van der Waals surface area contributed by atoms with E-state index in [1.165, 1.54) is 12.1 Å². The van der Waals surface area contributed by atoms with Crippen molar-refractivity contribution in [1.82, 2.24) is 5.32 Å². The zero-order chi connectivity index (χ0) is 25.0. The van der Waals surface area contributed by atoms with Crippen LogP contribution in [-0.2, 0) is 12.0 Å². The number of anilines is 1. The molecule has 6 nitrogen and oxygen atoms in total. The SMILES string of the molecule is NC(=O)c1cc2c(c(F)c1-c1c(Cl)c(F)cc3c1C[C@](c1ccccc1)([C@@H]1CCCN1)O3)OCCN2. The quantitative estimate of drug-likeness (QED) is 0.470. The highest BCUT2D eigenvalue weighted by atomic mass is 35.5. The molecule has 3 heterocycles. The molecule has 1 fully saturated rings. The molecule has 2 atom stereocenters. The molecule has 1 saturated heterocycles. The number of carbonyl (C=O) groups is 1. The van der Waals surface area contributed by atoms with Gasteiger partial charge in [0.05, 0.1) is 22.3 Å². The van der Waals surface area contributed by atoms with E-state index < -0.39 is 23.1 Å². The van der Waals surface area contributed by atoms with Gasteiger partial charge in [-0.2, -0.15) is 0 Å². The smallest absolute Gasteiger partial charge is 0.249 e. The molecule has 3 aliphatic heterocycles. The predicted octanol–water partition coefficient (Wildman–Crippen LogP) is 4.77. The zero-order valence-electron chi connectivity index (χ0n) is 19.3. The third-order valence-corrected chi connectivity index (χ3v) is 7.67. The molecule has 1 amide bonds. The number of primary amides is 1. The Morgan fingerprint density at radius 1 is 1.14 bits per heavy atom. The Morgan fingerprint density at radius 3 is 2.67 bits per heavy atom. The Balaban J connectivity index is 1.60. The number of nitrogens with one attached hydrogen (secondary N) is 2. The molecular weight excluding hydrogens is 488 g/mol. The fraction of sp³-hybridized carbons (Fsp3) is 0.296. The van der Waals surface area contributed by atoms with Gasteiger partial charge in [-0.05, 0) is 31.0 Å². The number of hydrogen-bond acceptors (Lipinski definition) is 5. The van der Waals surface area contributed by atoms with Crippen LogP contribution in [0.25, 0.3) is 11.1 Å². The highest BCUT2D eigenvalue weighted by Crippen LogP contribution is 2.53. The molecule has 0 spiro atoms. The van der Waals surface area contributed by atoms with Gasteiger partial charge in [-0.3, -0.25) is 4.79 Å². The molecule has 3 aliphatic rings. The average Bonchev–Trinajstić information content (AvgIpc) is 3.55. The highest BCUT2D eigenvalue weighted by molar-refractivity contribution is 6.34. The highest BCUT2D eigenvalue weighted by Gasteiger charge is 2.50. The maximum atomic E-state index is 16.1. The second kappa shape index (κ2) is 8.64. The molecule has 0 bridgehead atoms. The number of fused-ring (bicyclic) bond motifs is 2. The van der Waals surface area contributed by atoms with Gasteiger partial charge in [0, 0.05) is 35.7 Å². The lowest BCUT2D eigenvalue weighted by Crippen LogP contribution is -2.48. The molecule has 4 N–H and O–H groups in total. The molecule has 36 heavy (non-hydrogen) atoms. The Bertz CT molecular complexity index is 1380. The van der Waals surface area contributed by atoms with Crippen molar-refractivity contribution in [2.24, 2.45) is 5.73 Å². The number of benzene rings is 3. The van der Waals surface area contributed by atoms with Crippen LogP contribution in [0.5, 0.6) is 11.5 Å². The van der Waals surface area contributed by atoms with Crippen molar-refractivity contribution in [1.29, 1.82) is 0 Å². The number of ether oxygens (including phenoxy) is 2. The minimum absolute atomic E-state index is 0.0546. The summed E-state index contributed by atoms with van der Waals surface area (Å²) in [4.78, 5) is 12.5. The number of hydrogen-bond donors (Lipinski definition) is 3. The van der Waals surface area contributed by atoms with Gasteiger partial charge in [-0.15, -0.1) is 0 Å². The van der Waals surface area contributed by atoms with Gasteiger partial charge in [-0.1, -0.05) is 41.9 Å². The van der Waals surface area contributed by atoms with Crippen LogP contribution in [0.3, 0.4) is 0 Å². The Labute approximate surface area is 211 Å². The van der Waals surface area contributed by atoms with Crippen molar-refractivity contribution >= 4 is 23.2 Å². The number of carbonyl (C=O) groups excluding carboxylic acids is 1. The molecule has 9 heteroatoms. The van der Waals surface area contributed by atoms with E-state index >= 15 is 8.78 Å². The van der Waals surface area contributed by atoms with E-state index in [0.29, 0.717) is 24.2 Å². The summed E-state index contributed by atoms with van der Waals surface area (Å²) in [5.74, 6) is -2.25. The van der Waals surface area contributed by atoms with Crippen molar-refractivity contribution < 1.29 is 23.0 Å². The summed E-state index contributed by atoms with van der Waals surface area (Å²) >= 11 is 6.52. The largest absolute Gasteiger partial charge is 0.486 e. The van der Waals surface area contributed by atoms with Gasteiger partial charge in [0.25, 0.3) is 0 Å². The van der Waals surface area contributed by atoms with E-state index in [0.717, 1.165) is 24.9 Å². The summed E-state index contributed by atoms with van der Waals surface area (Å²) in [6, 6.07) is 12.3. The average molecular weight is 512 g/mol. The molecule has 186 valence electrons. The molecule has 3 aromatic carbocycles. The van der Waals surface area contributed by atoms with Gasteiger partial charge in [0.2, 0.25) is 5.91 Å². The summed E-state index contributed by atoms with van der Waals surface area (Å²) in [7, 11) is 0. The monoisotopic (exact) mass is 511 g/mol. The number of halogens is 3. The standard InChI is InChI=1S/C27H24ClF2N3O3/c28-23-17(29)12-19-16(13-27(36-19,20-7-4-8-33-20)14-5-2-1-3-6-14)21(23)22-15(26(31)34)11-18-25(24(22)30)35-10-9-32-18/h1-3,5-6,11-12,20,32-33H,4,7-10,13H2,(H2,31,34)/t20-,27-/m0/s1. The van der Waals surface area contributed by atoms with E-state index in [1.807, 2.05) is 30.3 Å². The molecular formula is C27H24ClF2N3O3. The minimum Gasteiger partial charge on any atom is -0.486 e. The van der Waals surface area contributed by atoms with Gasteiger partial charge in [-0.25, -0.2) is 8.78 Å². The maximum absolute atomic E-state index is 16.1. The summed E-state index contributed by atoms with van der Waals surface area (Å²) in [5, 5.41) is 6.23. The van der Waals surface area contributed by atoms with E-state index in [-0.39, 0.29) is 45.9 Å². The fourth-order valence-corrected chi connectivity index (χ4v) is 5.97. The van der Waals surface area contributed by atoms with E-state index in [4.69, 9.17) is 26.8 Å². The Morgan fingerprint density at radius 2 is 1.94 bits per heavy atom. The first kappa shape index (κ1) is 23.1. The van der Waals surface area contributed by atoms with Gasteiger partial charge in [0.1, 0.15) is 18.2 Å². The third kappa shape index (κ3) is 3.43. The topological polar surface area (TPSA) is 85.6 Å². The Kier molecular flexibility index (Phi) is 5.53. The molecule has 0 saturated carbocycles. The van der Waals surface area contributed by atoms with Crippen molar-refractivity contribution in [3.8, 4) is 22.6 Å². The van der Waals surface area contributed by atoms with Crippen molar-refractivity contribution in [2.75, 3.05) is 25.0 Å². The van der Waals surface area contributed by atoms with Crippen LogP contribution in [0.1, 0.15) is 34.3 Å². The molecule has 3 aromatic rings. The summed E-state index contributed by atoms with van der Waals surface area (Å²) in [6.45, 7) is 1.51. The van der Waals surface area contributed by atoms with Gasteiger partial charge in [0.15, 0.2) is 17.2 Å². The molecule has 0 aromatic heterocycles. The van der Waals surface area contributed by atoms with E-state index in [1.54, 1.807) is 0 Å². The minimum atomic E-state index is -0.862.